The van der Waals surface area contributed by atoms with Crippen LogP contribution >= 0.6 is 27.3 Å². The molecule has 112 valence electrons. The number of fused-ring (bicyclic) bond motifs is 1. The van der Waals surface area contributed by atoms with Gasteiger partial charge in [0.05, 0.1) is 5.56 Å². The van der Waals surface area contributed by atoms with E-state index < -0.39 is 0 Å². The quantitative estimate of drug-likeness (QED) is 0.823. The molecule has 0 radical (unpaired) electrons. The van der Waals surface area contributed by atoms with Crippen LogP contribution in [0.1, 0.15) is 39.7 Å². The van der Waals surface area contributed by atoms with Crippen molar-refractivity contribution in [1.82, 2.24) is 0 Å². The van der Waals surface area contributed by atoms with E-state index in [0.29, 0.717) is 22.0 Å². The fourth-order valence-electron chi connectivity index (χ4n) is 2.77. The van der Waals surface area contributed by atoms with Crippen molar-refractivity contribution < 1.29 is 4.79 Å². The maximum atomic E-state index is 12.4. The number of hydrogen-bond donors (Lipinski definition) is 1. The summed E-state index contributed by atoms with van der Waals surface area (Å²) in [5, 5.41) is 13.1. The number of rotatable bonds is 2. The summed E-state index contributed by atoms with van der Waals surface area (Å²) in [5.41, 5.74) is 2.36. The van der Waals surface area contributed by atoms with Crippen LogP contribution in [0.3, 0.4) is 0 Å². The van der Waals surface area contributed by atoms with E-state index in [1.54, 1.807) is 23.5 Å². The van der Waals surface area contributed by atoms with Gasteiger partial charge in [-0.1, -0.05) is 28.9 Å². The summed E-state index contributed by atoms with van der Waals surface area (Å²) in [6.45, 7) is 2.21. The maximum absolute atomic E-state index is 12.4. The fraction of sp³-hybridized carbons (Fsp3) is 0.294. The van der Waals surface area contributed by atoms with E-state index in [-0.39, 0.29) is 5.91 Å². The minimum absolute atomic E-state index is 0.176. The normalized spacial score (nSPS) is 16.7. The zero-order valence-corrected chi connectivity index (χ0v) is 14.6. The van der Waals surface area contributed by atoms with E-state index in [1.807, 2.05) is 12.1 Å². The van der Waals surface area contributed by atoms with E-state index in [1.165, 1.54) is 4.88 Å². The lowest BCUT2D eigenvalue weighted by Crippen LogP contribution is -2.12. The Hall–Kier alpha value is -1.64. The third-order valence-corrected chi connectivity index (χ3v) is 5.63. The lowest BCUT2D eigenvalue weighted by atomic mass is 9.88. The standard InChI is InChI=1S/C17H15BrN2OS/c1-10-5-6-15-13(7-10)14(9-19)17(22-15)20-16(21)11-3-2-4-12(18)8-11/h2-4,8,10H,5-7H2,1H3,(H,20,21). The number of nitrogens with one attached hydrogen (secondary N) is 1. The van der Waals surface area contributed by atoms with Gasteiger partial charge >= 0.3 is 0 Å². The van der Waals surface area contributed by atoms with Crippen LogP contribution in [0.5, 0.6) is 0 Å². The Balaban J connectivity index is 1.90. The first-order valence-corrected chi connectivity index (χ1v) is 8.81. The largest absolute Gasteiger partial charge is 0.312 e. The zero-order chi connectivity index (χ0) is 15.7. The summed E-state index contributed by atoms with van der Waals surface area (Å²) in [4.78, 5) is 13.6. The van der Waals surface area contributed by atoms with Crippen LogP contribution in [0.15, 0.2) is 28.7 Å². The minimum Gasteiger partial charge on any atom is -0.312 e. The van der Waals surface area contributed by atoms with Gasteiger partial charge in [0.15, 0.2) is 0 Å². The molecule has 1 heterocycles. The predicted octanol–water partition coefficient (Wildman–Crippen LogP) is 4.76. The van der Waals surface area contributed by atoms with Crippen LogP contribution < -0.4 is 5.32 Å². The molecule has 1 unspecified atom stereocenters. The second-order valence-corrected chi connectivity index (χ2v) is 7.65. The van der Waals surface area contributed by atoms with Crippen LogP contribution in [0.25, 0.3) is 0 Å². The van der Waals surface area contributed by atoms with Crippen LogP contribution in [0.4, 0.5) is 5.00 Å². The zero-order valence-electron chi connectivity index (χ0n) is 12.1. The van der Waals surface area contributed by atoms with Gasteiger partial charge in [0.1, 0.15) is 11.1 Å². The first kappa shape index (κ1) is 15.3. The molecule has 1 amide bonds. The van der Waals surface area contributed by atoms with Crippen molar-refractivity contribution in [3.05, 3.63) is 50.3 Å². The summed E-state index contributed by atoms with van der Waals surface area (Å²) >= 11 is 4.92. The van der Waals surface area contributed by atoms with E-state index in [9.17, 15) is 10.1 Å². The van der Waals surface area contributed by atoms with Crippen molar-refractivity contribution in [2.45, 2.75) is 26.2 Å². The summed E-state index contributed by atoms with van der Waals surface area (Å²) < 4.78 is 0.861. The third kappa shape index (κ3) is 2.94. The van der Waals surface area contributed by atoms with Crippen molar-refractivity contribution in [1.29, 1.82) is 5.26 Å². The molecule has 0 fully saturated rings. The lowest BCUT2D eigenvalue weighted by Gasteiger charge is -2.17. The highest BCUT2D eigenvalue weighted by atomic mass is 79.9. The first-order valence-electron chi connectivity index (χ1n) is 7.20. The average Bonchev–Trinajstić information content (AvgIpc) is 2.83. The Morgan fingerprint density at radius 3 is 3.05 bits per heavy atom. The van der Waals surface area contributed by atoms with Gasteiger partial charge in [-0.05, 0) is 48.9 Å². The maximum Gasteiger partial charge on any atom is 0.256 e. The molecule has 0 aliphatic heterocycles. The SMILES string of the molecule is CC1CCc2sc(NC(=O)c3cccc(Br)c3)c(C#N)c2C1. The Labute approximate surface area is 142 Å². The molecule has 22 heavy (non-hydrogen) atoms. The molecule has 1 atom stereocenters. The molecule has 1 aliphatic carbocycles. The molecule has 3 rings (SSSR count). The number of thiophene rings is 1. The molecule has 0 bridgehead atoms. The van der Waals surface area contributed by atoms with Gasteiger partial charge in [-0.3, -0.25) is 4.79 Å². The highest BCUT2D eigenvalue weighted by Crippen LogP contribution is 2.39. The Kier molecular flexibility index (Phi) is 4.32. The average molecular weight is 375 g/mol. The second-order valence-electron chi connectivity index (χ2n) is 5.63. The molecule has 0 saturated carbocycles. The second kappa shape index (κ2) is 6.23. The summed E-state index contributed by atoms with van der Waals surface area (Å²) in [6.07, 6.45) is 3.08. The van der Waals surface area contributed by atoms with Crippen molar-refractivity contribution >= 4 is 38.2 Å². The highest BCUT2D eigenvalue weighted by Gasteiger charge is 2.24. The van der Waals surface area contributed by atoms with E-state index in [4.69, 9.17) is 0 Å². The number of carbonyl (C=O) groups excluding carboxylic acids is 1. The molecule has 1 N–H and O–H groups in total. The summed E-state index contributed by atoms with van der Waals surface area (Å²) in [6, 6.07) is 9.52. The number of nitriles is 1. The number of benzene rings is 1. The van der Waals surface area contributed by atoms with E-state index in [0.717, 1.165) is 29.3 Å². The van der Waals surface area contributed by atoms with Gasteiger partial charge < -0.3 is 5.32 Å². The van der Waals surface area contributed by atoms with Crippen LogP contribution in [0.2, 0.25) is 0 Å². The molecule has 1 aromatic carbocycles. The Morgan fingerprint density at radius 1 is 1.50 bits per heavy atom. The third-order valence-electron chi connectivity index (χ3n) is 3.93. The molecule has 0 spiro atoms. The Morgan fingerprint density at radius 2 is 2.32 bits per heavy atom. The molecular weight excluding hydrogens is 360 g/mol. The van der Waals surface area contributed by atoms with E-state index in [2.05, 4.69) is 34.2 Å². The summed E-state index contributed by atoms with van der Waals surface area (Å²) in [5.74, 6) is 0.423. The summed E-state index contributed by atoms with van der Waals surface area (Å²) in [7, 11) is 0. The molecular formula is C17H15BrN2OS. The van der Waals surface area contributed by atoms with Crippen molar-refractivity contribution in [2.75, 3.05) is 5.32 Å². The predicted molar refractivity (Wildman–Crippen MR) is 92.3 cm³/mol. The van der Waals surface area contributed by atoms with Crippen molar-refractivity contribution in [2.24, 2.45) is 5.92 Å². The Bertz CT molecular complexity index is 775. The van der Waals surface area contributed by atoms with Gasteiger partial charge in [0.25, 0.3) is 5.91 Å². The van der Waals surface area contributed by atoms with Crippen molar-refractivity contribution in [3.8, 4) is 6.07 Å². The number of carbonyl (C=O) groups is 1. The molecule has 0 saturated heterocycles. The molecule has 3 nitrogen and oxygen atoms in total. The van der Waals surface area contributed by atoms with Gasteiger partial charge in [0, 0.05) is 14.9 Å². The monoisotopic (exact) mass is 374 g/mol. The first-order chi connectivity index (χ1) is 10.6. The molecule has 2 aromatic rings. The molecule has 1 aromatic heterocycles. The molecule has 5 heteroatoms. The topological polar surface area (TPSA) is 52.9 Å². The highest BCUT2D eigenvalue weighted by molar-refractivity contribution is 9.10. The molecule has 1 aliphatic rings. The number of halogens is 1. The van der Waals surface area contributed by atoms with E-state index >= 15 is 0 Å². The number of amides is 1. The number of nitrogens with zero attached hydrogens (tertiary/aromatic N) is 1. The van der Waals surface area contributed by atoms with Gasteiger partial charge in [-0.25, -0.2) is 0 Å². The smallest absolute Gasteiger partial charge is 0.256 e. The van der Waals surface area contributed by atoms with Gasteiger partial charge in [-0.2, -0.15) is 5.26 Å². The van der Waals surface area contributed by atoms with Crippen LogP contribution in [0, 0.1) is 17.2 Å². The lowest BCUT2D eigenvalue weighted by molar-refractivity contribution is 0.102. The van der Waals surface area contributed by atoms with Crippen molar-refractivity contribution in [3.63, 3.8) is 0 Å². The van der Waals surface area contributed by atoms with Gasteiger partial charge in [-0.15, -0.1) is 11.3 Å². The number of anilines is 1. The fourth-order valence-corrected chi connectivity index (χ4v) is 4.36. The van der Waals surface area contributed by atoms with Crippen LogP contribution in [-0.2, 0) is 12.8 Å². The van der Waals surface area contributed by atoms with Crippen LogP contribution in [-0.4, -0.2) is 5.91 Å². The number of hydrogen-bond acceptors (Lipinski definition) is 3. The minimum atomic E-state index is -0.176. The van der Waals surface area contributed by atoms with Gasteiger partial charge in [0.2, 0.25) is 0 Å². The number of aryl methyl sites for hydroxylation is 1.